The monoisotopic (exact) mass is 254 g/mol. The van der Waals surface area contributed by atoms with Gasteiger partial charge in [-0.3, -0.25) is 9.78 Å². The topological polar surface area (TPSA) is 42.0 Å². The van der Waals surface area contributed by atoms with Gasteiger partial charge in [-0.25, -0.2) is 0 Å². The lowest BCUT2D eigenvalue weighted by Gasteiger charge is -2.32. The van der Waals surface area contributed by atoms with E-state index in [1.165, 1.54) is 0 Å². The van der Waals surface area contributed by atoms with E-state index in [4.69, 9.17) is 0 Å². The first kappa shape index (κ1) is 12.3. The number of nitrogens with zero attached hydrogens (tertiary/aromatic N) is 1. The van der Waals surface area contributed by atoms with Crippen LogP contribution < -0.4 is 5.32 Å². The largest absolute Gasteiger partial charge is 0.317 e. The van der Waals surface area contributed by atoms with Crippen molar-refractivity contribution in [1.29, 1.82) is 0 Å². The lowest BCUT2D eigenvalue weighted by molar-refractivity contribution is 0.0764. The van der Waals surface area contributed by atoms with E-state index in [0.29, 0.717) is 0 Å². The summed E-state index contributed by atoms with van der Waals surface area (Å²) in [4.78, 5) is 17.2. The number of fused-ring (bicyclic) bond motifs is 1. The molecular weight excluding hydrogens is 236 g/mol. The number of piperidine rings is 1. The van der Waals surface area contributed by atoms with Gasteiger partial charge in [-0.1, -0.05) is 25.1 Å². The van der Waals surface area contributed by atoms with Crippen molar-refractivity contribution in [2.45, 2.75) is 19.8 Å². The summed E-state index contributed by atoms with van der Waals surface area (Å²) in [7, 11) is 0. The van der Waals surface area contributed by atoms with Crippen LogP contribution in [0.3, 0.4) is 0 Å². The molecule has 1 aliphatic rings. The second-order valence-electron chi connectivity index (χ2n) is 5.52. The van der Waals surface area contributed by atoms with E-state index in [9.17, 15) is 4.79 Å². The van der Waals surface area contributed by atoms with Crippen LogP contribution in [0.15, 0.2) is 36.5 Å². The predicted molar refractivity (Wildman–Crippen MR) is 76.3 cm³/mol. The van der Waals surface area contributed by atoms with Crippen LogP contribution in [-0.4, -0.2) is 23.9 Å². The van der Waals surface area contributed by atoms with Gasteiger partial charge < -0.3 is 5.32 Å². The molecule has 0 radical (unpaired) electrons. The Morgan fingerprint density at radius 1 is 1.21 bits per heavy atom. The molecule has 1 aromatic carbocycles. The van der Waals surface area contributed by atoms with Gasteiger partial charge in [0.05, 0.1) is 5.52 Å². The maximum Gasteiger partial charge on any atom is 0.169 e. The van der Waals surface area contributed by atoms with Gasteiger partial charge in [0.15, 0.2) is 5.78 Å². The predicted octanol–water partition coefficient (Wildman–Crippen LogP) is 2.81. The fraction of sp³-hybridized carbons (Fsp3) is 0.375. The van der Waals surface area contributed by atoms with Crippen molar-refractivity contribution >= 4 is 16.7 Å². The van der Waals surface area contributed by atoms with Crippen molar-refractivity contribution < 1.29 is 4.79 Å². The minimum atomic E-state index is -0.241. The highest BCUT2D eigenvalue weighted by Gasteiger charge is 2.35. The van der Waals surface area contributed by atoms with Crippen molar-refractivity contribution in [2.75, 3.05) is 13.1 Å². The van der Waals surface area contributed by atoms with Gasteiger partial charge in [-0.05, 0) is 38.1 Å². The zero-order valence-corrected chi connectivity index (χ0v) is 11.1. The van der Waals surface area contributed by atoms with E-state index in [1.807, 2.05) is 30.3 Å². The summed E-state index contributed by atoms with van der Waals surface area (Å²) in [5, 5.41) is 4.29. The Balaban J connectivity index is 2.06. The number of aromatic nitrogens is 1. The molecule has 1 fully saturated rings. The molecule has 0 aliphatic carbocycles. The molecule has 0 atom stereocenters. The van der Waals surface area contributed by atoms with Crippen LogP contribution >= 0.6 is 0 Å². The SMILES string of the molecule is CC1(C(=O)c2cccc3ncccc23)CCNCC1. The summed E-state index contributed by atoms with van der Waals surface area (Å²) in [5.41, 5.74) is 1.47. The Hall–Kier alpha value is -1.74. The Bertz CT molecular complexity index is 610. The molecule has 2 aromatic rings. The molecule has 0 spiro atoms. The molecule has 3 rings (SSSR count). The van der Waals surface area contributed by atoms with Gasteiger partial charge in [0.2, 0.25) is 0 Å². The highest BCUT2D eigenvalue weighted by Crippen LogP contribution is 2.34. The van der Waals surface area contributed by atoms with E-state index in [0.717, 1.165) is 42.4 Å². The van der Waals surface area contributed by atoms with Gasteiger partial charge in [0, 0.05) is 22.6 Å². The summed E-state index contributed by atoms with van der Waals surface area (Å²) in [6, 6.07) is 9.69. The Kier molecular flexibility index (Phi) is 3.07. The van der Waals surface area contributed by atoms with Crippen LogP contribution in [0.5, 0.6) is 0 Å². The zero-order chi connectivity index (χ0) is 13.3. The molecule has 0 bridgehead atoms. The number of hydrogen-bond acceptors (Lipinski definition) is 3. The highest BCUT2D eigenvalue weighted by atomic mass is 16.1. The van der Waals surface area contributed by atoms with Crippen molar-refractivity contribution in [3.8, 4) is 0 Å². The summed E-state index contributed by atoms with van der Waals surface area (Å²) in [5.74, 6) is 0.257. The number of pyridine rings is 1. The smallest absolute Gasteiger partial charge is 0.169 e. The van der Waals surface area contributed by atoms with Crippen molar-refractivity contribution in [1.82, 2.24) is 10.3 Å². The first-order chi connectivity index (χ1) is 9.21. The van der Waals surface area contributed by atoms with Gasteiger partial charge in [0.25, 0.3) is 0 Å². The molecule has 3 heteroatoms. The van der Waals surface area contributed by atoms with Crippen molar-refractivity contribution in [2.24, 2.45) is 5.41 Å². The van der Waals surface area contributed by atoms with E-state index in [-0.39, 0.29) is 11.2 Å². The number of nitrogens with one attached hydrogen (secondary N) is 1. The number of ketones is 1. The van der Waals surface area contributed by atoms with Crippen LogP contribution in [0.4, 0.5) is 0 Å². The lowest BCUT2D eigenvalue weighted by Crippen LogP contribution is -2.40. The standard InChI is InChI=1S/C16H18N2O/c1-16(7-10-17-11-8-16)15(19)13-4-2-6-14-12(13)5-3-9-18-14/h2-6,9,17H,7-8,10-11H2,1H3. The molecule has 1 saturated heterocycles. The van der Waals surface area contributed by atoms with Crippen LogP contribution in [0.2, 0.25) is 0 Å². The number of carbonyl (C=O) groups is 1. The number of Topliss-reactive ketones (excluding diaryl/α,β-unsaturated/α-hetero) is 1. The fourth-order valence-corrected chi connectivity index (χ4v) is 2.83. The summed E-state index contributed by atoms with van der Waals surface area (Å²) < 4.78 is 0. The summed E-state index contributed by atoms with van der Waals surface area (Å²) >= 11 is 0. The molecule has 0 saturated carbocycles. The van der Waals surface area contributed by atoms with Crippen LogP contribution in [0.1, 0.15) is 30.1 Å². The second kappa shape index (κ2) is 4.74. The quantitative estimate of drug-likeness (QED) is 0.838. The number of hydrogen-bond donors (Lipinski definition) is 1. The van der Waals surface area contributed by atoms with Crippen LogP contribution in [0, 0.1) is 5.41 Å². The minimum absolute atomic E-state index is 0.241. The molecule has 2 heterocycles. The maximum absolute atomic E-state index is 12.9. The molecule has 0 amide bonds. The van der Waals surface area contributed by atoms with Gasteiger partial charge in [-0.15, -0.1) is 0 Å². The highest BCUT2D eigenvalue weighted by molar-refractivity contribution is 6.09. The Morgan fingerprint density at radius 3 is 2.79 bits per heavy atom. The van der Waals surface area contributed by atoms with Gasteiger partial charge in [0.1, 0.15) is 0 Å². The second-order valence-corrected chi connectivity index (χ2v) is 5.52. The normalized spacial score (nSPS) is 18.4. The molecule has 1 aromatic heterocycles. The number of carbonyl (C=O) groups excluding carboxylic acids is 1. The number of benzene rings is 1. The average molecular weight is 254 g/mol. The molecule has 1 N–H and O–H groups in total. The average Bonchev–Trinajstić information content (AvgIpc) is 2.47. The maximum atomic E-state index is 12.9. The summed E-state index contributed by atoms with van der Waals surface area (Å²) in [6.07, 6.45) is 3.58. The van der Waals surface area contributed by atoms with E-state index < -0.39 is 0 Å². The van der Waals surface area contributed by atoms with E-state index in [1.54, 1.807) is 6.20 Å². The lowest BCUT2D eigenvalue weighted by atomic mass is 9.74. The molecule has 1 aliphatic heterocycles. The minimum Gasteiger partial charge on any atom is -0.317 e. The van der Waals surface area contributed by atoms with Gasteiger partial charge in [-0.2, -0.15) is 0 Å². The zero-order valence-electron chi connectivity index (χ0n) is 11.1. The van der Waals surface area contributed by atoms with Crippen molar-refractivity contribution in [3.05, 3.63) is 42.1 Å². The van der Waals surface area contributed by atoms with Gasteiger partial charge >= 0.3 is 0 Å². The number of rotatable bonds is 2. The third-order valence-electron chi connectivity index (χ3n) is 4.15. The fourth-order valence-electron chi connectivity index (χ4n) is 2.83. The third-order valence-corrected chi connectivity index (χ3v) is 4.15. The molecule has 98 valence electrons. The van der Waals surface area contributed by atoms with Crippen LogP contribution in [-0.2, 0) is 0 Å². The molecule has 3 nitrogen and oxygen atoms in total. The first-order valence-corrected chi connectivity index (χ1v) is 6.80. The molecule has 0 unspecified atom stereocenters. The molecule has 19 heavy (non-hydrogen) atoms. The van der Waals surface area contributed by atoms with Crippen LogP contribution in [0.25, 0.3) is 10.9 Å². The van der Waals surface area contributed by atoms with E-state index in [2.05, 4.69) is 17.2 Å². The third kappa shape index (κ3) is 2.15. The molecular formula is C16H18N2O. The van der Waals surface area contributed by atoms with Crippen molar-refractivity contribution in [3.63, 3.8) is 0 Å². The first-order valence-electron chi connectivity index (χ1n) is 6.80. The van der Waals surface area contributed by atoms with E-state index >= 15 is 0 Å². The Labute approximate surface area is 113 Å². The summed E-state index contributed by atoms with van der Waals surface area (Å²) in [6.45, 7) is 3.93. The Morgan fingerprint density at radius 2 is 2.00 bits per heavy atom.